The minimum absolute atomic E-state index is 0.0147. The van der Waals surface area contributed by atoms with Crippen molar-refractivity contribution in [3.05, 3.63) is 76.3 Å². The van der Waals surface area contributed by atoms with E-state index in [9.17, 15) is 37.6 Å². The topological polar surface area (TPSA) is 150 Å². The quantitative estimate of drug-likeness (QED) is 0.121. The van der Waals surface area contributed by atoms with Gasteiger partial charge in [0, 0.05) is 65.9 Å². The number of piperazine rings is 1. The Morgan fingerprint density at radius 2 is 1.75 bits per heavy atom. The van der Waals surface area contributed by atoms with Crippen LogP contribution in [0, 0.1) is 11.3 Å². The molecule has 3 aliphatic heterocycles. The molecule has 60 heavy (non-hydrogen) atoms. The number of nitrogens with one attached hydrogen (secondary N) is 3. The second-order valence-electron chi connectivity index (χ2n) is 16.2. The van der Waals surface area contributed by atoms with Crippen LogP contribution >= 0.6 is 24.2 Å². The SMILES string of the molecule is CCc1cc(N2C(S)N(c3ccc(C#N)c(C(F)(F)F)c3)C(=O)C2(C)C)ccc1OCCN1CCN(CC(=O)Nc2cc(Cl)cc(NC3CCC(=O)NC3=O)c2)C(C)(C)C1. The largest absolute Gasteiger partial charge is 0.492 e. The van der Waals surface area contributed by atoms with Crippen molar-refractivity contribution in [2.45, 2.75) is 82.7 Å². The van der Waals surface area contributed by atoms with Crippen LogP contribution in [0.1, 0.15) is 64.2 Å². The monoisotopic (exact) mass is 868 g/mol. The van der Waals surface area contributed by atoms with Crippen molar-refractivity contribution in [1.82, 2.24) is 15.1 Å². The molecule has 6 rings (SSSR count). The Kier molecular flexibility index (Phi) is 13.0. The van der Waals surface area contributed by atoms with Gasteiger partial charge in [0.05, 0.1) is 23.7 Å². The number of amides is 4. The molecule has 0 spiro atoms. The van der Waals surface area contributed by atoms with E-state index in [0.717, 1.165) is 17.7 Å². The van der Waals surface area contributed by atoms with Crippen LogP contribution in [0.5, 0.6) is 5.75 Å². The molecular formula is C42H48ClF3N8O5S. The van der Waals surface area contributed by atoms with Crippen LogP contribution in [0.15, 0.2) is 54.6 Å². The molecule has 13 nitrogen and oxygen atoms in total. The van der Waals surface area contributed by atoms with Crippen molar-refractivity contribution in [2.24, 2.45) is 0 Å². The number of imide groups is 1. The highest BCUT2D eigenvalue weighted by molar-refractivity contribution is 7.81. The molecule has 0 aliphatic carbocycles. The van der Waals surface area contributed by atoms with E-state index in [1.165, 1.54) is 11.0 Å². The van der Waals surface area contributed by atoms with Crippen molar-refractivity contribution in [3.8, 4) is 11.8 Å². The maximum atomic E-state index is 13.8. The molecular weight excluding hydrogens is 821 g/mol. The third-order valence-electron chi connectivity index (χ3n) is 11.1. The van der Waals surface area contributed by atoms with Crippen LogP contribution in [0.3, 0.4) is 0 Å². The Hall–Kier alpha value is -5.02. The van der Waals surface area contributed by atoms with Gasteiger partial charge in [-0.15, -0.1) is 12.6 Å². The summed E-state index contributed by atoms with van der Waals surface area (Å²) in [4.78, 5) is 58.1. The fourth-order valence-corrected chi connectivity index (χ4v) is 8.87. The Bertz CT molecular complexity index is 2220. The number of alkyl halides is 3. The minimum Gasteiger partial charge on any atom is -0.492 e. The smallest absolute Gasteiger partial charge is 0.417 e. The fourth-order valence-electron chi connectivity index (χ4n) is 7.97. The van der Waals surface area contributed by atoms with Gasteiger partial charge in [0.25, 0.3) is 5.91 Å². The number of rotatable bonds is 12. The molecule has 3 aliphatic rings. The van der Waals surface area contributed by atoms with Crippen molar-refractivity contribution < 1.29 is 37.1 Å². The lowest BCUT2D eigenvalue weighted by Crippen LogP contribution is -2.61. The predicted octanol–water partition coefficient (Wildman–Crippen LogP) is 6.27. The highest BCUT2D eigenvalue weighted by Crippen LogP contribution is 2.43. The molecule has 3 heterocycles. The van der Waals surface area contributed by atoms with E-state index in [0.29, 0.717) is 73.5 Å². The molecule has 3 fully saturated rings. The number of carbonyl (C=O) groups excluding carboxylic acids is 4. The average Bonchev–Trinajstić information content (AvgIpc) is 3.34. The summed E-state index contributed by atoms with van der Waals surface area (Å²) in [7, 11) is 0. The van der Waals surface area contributed by atoms with E-state index in [1.54, 1.807) is 43.0 Å². The maximum Gasteiger partial charge on any atom is 0.417 e. The van der Waals surface area contributed by atoms with E-state index >= 15 is 0 Å². The Balaban J connectivity index is 1.04. The minimum atomic E-state index is -4.78. The van der Waals surface area contributed by atoms with Crippen molar-refractivity contribution in [1.29, 1.82) is 5.26 Å². The number of thiol groups is 1. The predicted molar refractivity (Wildman–Crippen MR) is 226 cm³/mol. The summed E-state index contributed by atoms with van der Waals surface area (Å²) in [6.45, 7) is 12.7. The van der Waals surface area contributed by atoms with E-state index in [4.69, 9.17) is 29.0 Å². The van der Waals surface area contributed by atoms with Gasteiger partial charge in [0.1, 0.15) is 23.9 Å². The molecule has 0 saturated carbocycles. The zero-order chi connectivity index (χ0) is 43.7. The van der Waals surface area contributed by atoms with Crippen LogP contribution in [0.25, 0.3) is 0 Å². The van der Waals surface area contributed by atoms with Gasteiger partial charge in [-0.2, -0.15) is 18.4 Å². The molecule has 0 aromatic heterocycles. The number of hydrogen-bond donors (Lipinski definition) is 4. The third kappa shape index (κ3) is 9.62. The first-order valence-corrected chi connectivity index (χ1v) is 20.5. The molecule has 320 valence electrons. The van der Waals surface area contributed by atoms with E-state index < -0.39 is 46.2 Å². The van der Waals surface area contributed by atoms with Gasteiger partial charge in [-0.1, -0.05) is 18.5 Å². The van der Waals surface area contributed by atoms with Crippen molar-refractivity contribution in [3.63, 3.8) is 0 Å². The van der Waals surface area contributed by atoms with E-state index in [-0.39, 0.29) is 36.0 Å². The molecule has 2 unspecified atom stereocenters. The number of piperidine rings is 1. The second-order valence-corrected chi connectivity index (χ2v) is 17.1. The molecule has 3 aromatic rings. The summed E-state index contributed by atoms with van der Waals surface area (Å²) in [5.41, 5.74) is -1.58. The number of anilines is 4. The van der Waals surface area contributed by atoms with Crippen LogP contribution in [-0.4, -0.2) is 95.4 Å². The lowest BCUT2D eigenvalue weighted by Gasteiger charge is -2.46. The Morgan fingerprint density at radius 1 is 1.03 bits per heavy atom. The molecule has 4 amide bonds. The number of hydrogen-bond acceptors (Lipinski definition) is 11. The first-order valence-electron chi connectivity index (χ1n) is 19.6. The lowest BCUT2D eigenvalue weighted by molar-refractivity contribution is -0.138. The summed E-state index contributed by atoms with van der Waals surface area (Å²) in [6, 6.07) is 14.7. The average molecular weight is 869 g/mol. The summed E-state index contributed by atoms with van der Waals surface area (Å²) in [5.74, 6) is -0.708. The molecule has 3 N–H and O–H groups in total. The lowest BCUT2D eigenvalue weighted by atomic mass is 9.98. The standard InChI is InChI=1S/C42H48ClF3N8O5S/c1-6-25-17-31(54-39(60)53(38(58)41(54,4)5)30-8-7-26(22-47)32(21-30)42(44,45)46)9-11-34(25)59-16-15-51-13-14-52(40(2,3)24-51)23-36(56)49-29-19-27(43)18-28(20-29)48-33-10-12-35(55)50-37(33)57/h7-9,11,17-21,33,39,48,60H,6,10,12-16,23-24H2,1-5H3,(H,49,56)(H,50,55,57). The fraction of sp³-hybridized carbons (Fsp3) is 0.452. The third-order valence-corrected chi connectivity index (χ3v) is 11.8. The van der Waals surface area contributed by atoms with Gasteiger partial charge in [-0.05, 0) is 101 Å². The van der Waals surface area contributed by atoms with Gasteiger partial charge in [0.15, 0.2) is 5.50 Å². The zero-order valence-corrected chi connectivity index (χ0v) is 35.6. The van der Waals surface area contributed by atoms with Gasteiger partial charge in [0.2, 0.25) is 17.7 Å². The zero-order valence-electron chi connectivity index (χ0n) is 34.0. The van der Waals surface area contributed by atoms with Crippen LogP contribution in [0.2, 0.25) is 5.02 Å². The van der Waals surface area contributed by atoms with Gasteiger partial charge < -0.3 is 20.3 Å². The highest BCUT2D eigenvalue weighted by atomic mass is 35.5. The maximum absolute atomic E-state index is 13.8. The number of carbonyl (C=O) groups is 4. The van der Waals surface area contributed by atoms with Crippen LogP contribution < -0.4 is 30.5 Å². The molecule has 2 atom stereocenters. The first-order chi connectivity index (χ1) is 28.2. The molecule has 3 saturated heterocycles. The van der Waals surface area contributed by atoms with E-state index in [2.05, 4.69) is 39.6 Å². The number of benzene rings is 3. The number of aryl methyl sites for hydroxylation is 1. The Labute approximate surface area is 357 Å². The van der Waals surface area contributed by atoms with Gasteiger partial charge in [-0.25, -0.2) is 0 Å². The number of halogens is 4. The van der Waals surface area contributed by atoms with Gasteiger partial charge in [-0.3, -0.25) is 39.2 Å². The van der Waals surface area contributed by atoms with Crippen molar-refractivity contribution in [2.75, 3.05) is 59.8 Å². The number of nitrogens with zero attached hydrogens (tertiary/aromatic N) is 5. The number of ether oxygens (including phenoxy) is 1. The summed E-state index contributed by atoms with van der Waals surface area (Å²) in [6.07, 6.45) is -3.60. The molecule has 3 aromatic carbocycles. The van der Waals surface area contributed by atoms with Crippen LogP contribution in [-0.2, 0) is 31.8 Å². The summed E-state index contributed by atoms with van der Waals surface area (Å²) >= 11 is 11.1. The van der Waals surface area contributed by atoms with Crippen LogP contribution in [0.4, 0.5) is 35.9 Å². The molecule has 0 bridgehead atoms. The highest BCUT2D eigenvalue weighted by Gasteiger charge is 2.52. The molecule has 0 radical (unpaired) electrons. The summed E-state index contributed by atoms with van der Waals surface area (Å²) < 4.78 is 47.7. The Morgan fingerprint density at radius 3 is 2.42 bits per heavy atom. The molecule has 18 heteroatoms. The summed E-state index contributed by atoms with van der Waals surface area (Å²) in [5, 5.41) is 18.0. The normalized spacial score (nSPS) is 20.8. The number of nitriles is 1. The van der Waals surface area contributed by atoms with Crippen molar-refractivity contribution >= 4 is 70.6 Å². The first kappa shape index (κ1) is 44.5. The second kappa shape index (κ2) is 17.5. The van der Waals surface area contributed by atoms with Gasteiger partial charge >= 0.3 is 6.18 Å². The van der Waals surface area contributed by atoms with E-state index in [1.807, 2.05) is 25.1 Å².